The highest BCUT2D eigenvalue weighted by Gasteiger charge is 2.29. The van der Waals surface area contributed by atoms with Gasteiger partial charge in [-0.3, -0.25) is 9.59 Å². The Hall–Kier alpha value is -3.92. The number of benzene rings is 2. The standard InChI is InChI=1S/C27H27N5O2/c1-3-25(33)30-23-5-4-6-24(23)32-27-28-15-19-13-17(9-12-22(19)31-27)21-14-18(8-7-16(21)2)26(34)29-20-10-11-20/h1,7-9,12-15,20,23-24H,4-6,10-11H2,2H3,(H,29,34)(H,30,33)(H,28,31,32). The molecule has 2 saturated carbocycles. The third kappa shape index (κ3) is 4.72. The van der Waals surface area contributed by atoms with E-state index < -0.39 is 5.91 Å². The summed E-state index contributed by atoms with van der Waals surface area (Å²) in [4.78, 5) is 33.3. The number of amides is 2. The molecule has 3 aromatic rings. The Bertz CT molecular complexity index is 1310. The van der Waals surface area contributed by atoms with Crippen molar-refractivity contribution in [2.75, 3.05) is 5.32 Å². The van der Waals surface area contributed by atoms with Crippen LogP contribution in [-0.4, -0.2) is 39.9 Å². The fourth-order valence-electron chi connectivity index (χ4n) is 4.52. The van der Waals surface area contributed by atoms with Gasteiger partial charge in [0.1, 0.15) is 0 Å². The Morgan fingerprint density at radius 1 is 1.03 bits per heavy atom. The van der Waals surface area contributed by atoms with Crippen molar-refractivity contribution in [2.45, 2.75) is 57.2 Å². The lowest BCUT2D eigenvalue weighted by molar-refractivity contribution is -0.116. The fourth-order valence-corrected chi connectivity index (χ4v) is 4.52. The number of hydrogen-bond donors (Lipinski definition) is 3. The number of nitrogens with zero attached hydrogens (tertiary/aromatic N) is 2. The maximum atomic E-state index is 12.5. The quantitative estimate of drug-likeness (QED) is 0.496. The zero-order valence-corrected chi connectivity index (χ0v) is 19.1. The highest BCUT2D eigenvalue weighted by Crippen LogP contribution is 2.29. The SMILES string of the molecule is C#CC(=O)NC1CCCC1Nc1ncc2cc(-c3cc(C(=O)NC4CC4)ccc3C)ccc2n1. The number of anilines is 1. The molecule has 0 spiro atoms. The number of fused-ring (bicyclic) bond motifs is 1. The first kappa shape index (κ1) is 21.9. The van der Waals surface area contributed by atoms with E-state index in [1.165, 1.54) is 0 Å². The number of rotatable bonds is 6. The van der Waals surface area contributed by atoms with E-state index in [2.05, 4.69) is 37.9 Å². The molecule has 2 atom stereocenters. The first-order chi connectivity index (χ1) is 16.5. The van der Waals surface area contributed by atoms with Crippen LogP contribution in [-0.2, 0) is 4.79 Å². The number of hydrogen-bond acceptors (Lipinski definition) is 5. The monoisotopic (exact) mass is 453 g/mol. The van der Waals surface area contributed by atoms with Crippen molar-refractivity contribution in [3.63, 3.8) is 0 Å². The van der Waals surface area contributed by atoms with Gasteiger partial charge in [0.25, 0.3) is 11.8 Å². The summed E-state index contributed by atoms with van der Waals surface area (Å²) in [5.74, 6) is 2.23. The fraction of sp³-hybridized carbons (Fsp3) is 0.333. The summed E-state index contributed by atoms with van der Waals surface area (Å²) in [6, 6.07) is 12.2. The van der Waals surface area contributed by atoms with E-state index in [1.54, 1.807) is 6.20 Å². The Labute approximate surface area is 198 Å². The van der Waals surface area contributed by atoms with E-state index >= 15 is 0 Å². The molecule has 2 fully saturated rings. The Balaban J connectivity index is 1.36. The molecule has 2 unspecified atom stereocenters. The highest BCUT2D eigenvalue weighted by molar-refractivity contribution is 5.96. The molecule has 1 heterocycles. The zero-order valence-electron chi connectivity index (χ0n) is 19.1. The van der Waals surface area contributed by atoms with Gasteiger partial charge in [0.2, 0.25) is 5.95 Å². The maximum absolute atomic E-state index is 12.5. The average Bonchev–Trinajstić information content (AvgIpc) is 3.56. The summed E-state index contributed by atoms with van der Waals surface area (Å²) < 4.78 is 0. The summed E-state index contributed by atoms with van der Waals surface area (Å²) in [6.07, 6.45) is 11.9. The molecule has 2 amide bonds. The van der Waals surface area contributed by atoms with Gasteiger partial charge in [-0.05, 0) is 85.9 Å². The largest absolute Gasteiger partial charge is 0.349 e. The van der Waals surface area contributed by atoms with Gasteiger partial charge in [-0.25, -0.2) is 9.97 Å². The molecule has 2 aromatic carbocycles. The molecule has 3 N–H and O–H groups in total. The van der Waals surface area contributed by atoms with E-state index in [4.69, 9.17) is 6.42 Å². The van der Waals surface area contributed by atoms with Crippen molar-refractivity contribution < 1.29 is 9.59 Å². The van der Waals surface area contributed by atoms with Gasteiger partial charge >= 0.3 is 0 Å². The van der Waals surface area contributed by atoms with E-state index in [9.17, 15) is 9.59 Å². The van der Waals surface area contributed by atoms with Crippen LogP contribution in [0.2, 0.25) is 0 Å². The molecule has 0 radical (unpaired) electrons. The van der Waals surface area contributed by atoms with Crippen LogP contribution >= 0.6 is 0 Å². The van der Waals surface area contributed by atoms with Gasteiger partial charge in [0.05, 0.1) is 5.52 Å². The molecular weight excluding hydrogens is 426 g/mol. The minimum Gasteiger partial charge on any atom is -0.349 e. The molecule has 34 heavy (non-hydrogen) atoms. The lowest BCUT2D eigenvalue weighted by Crippen LogP contribution is -2.43. The molecule has 2 aliphatic rings. The van der Waals surface area contributed by atoms with Gasteiger partial charge in [-0.15, -0.1) is 6.42 Å². The average molecular weight is 454 g/mol. The van der Waals surface area contributed by atoms with Crippen LogP contribution in [0.5, 0.6) is 0 Å². The number of aromatic nitrogens is 2. The smallest absolute Gasteiger partial charge is 0.295 e. The van der Waals surface area contributed by atoms with Gasteiger partial charge in [0.15, 0.2) is 0 Å². The summed E-state index contributed by atoms with van der Waals surface area (Å²) in [5, 5.41) is 10.2. The summed E-state index contributed by atoms with van der Waals surface area (Å²) >= 11 is 0. The lowest BCUT2D eigenvalue weighted by atomic mass is 9.97. The number of nitrogens with one attached hydrogen (secondary N) is 3. The van der Waals surface area contributed by atoms with E-state index in [0.717, 1.165) is 59.7 Å². The molecule has 0 aliphatic heterocycles. The maximum Gasteiger partial charge on any atom is 0.295 e. The van der Waals surface area contributed by atoms with Crippen molar-refractivity contribution in [2.24, 2.45) is 0 Å². The minimum absolute atomic E-state index is 0.0211. The molecule has 7 nitrogen and oxygen atoms in total. The molecule has 7 heteroatoms. The van der Waals surface area contributed by atoms with Crippen LogP contribution in [0.3, 0.4) is 0 Å². The van der Waals surface area contributed by atoms with Crippen molar-refractivity contribution in [3.8, 4) is 23.5 Å². The van der Waals surface area contributed by atoms with Crippen LogP contribution in [0.25, 0.3) is 22.0 Å². The molecule has 5 rings (SSSR count). The second kappa shape index (κ2) is 9.14. The van der Waals surface area contributed by atoms with E-state index in [-0.39, 0.29) is 18.0 Å². The molecule has 172 valence electrons. The molecular formula is C27H27N5O2. The van der Waals surface area contributed by atoms with Gasteiger partial charge in [0, 0.05) is 35.3 Å². The second-order valence-electron chi connectivity index (χ2n) is 9.15. The summed E-state index contributed by atoms with van der Waals surface area (Å²) in [6.45, 7) is 2.04. The lowest BCUT2D eigenvalue weighted by Gasteiger charge is -2.21. The number of carbonyl (C=O) groups excluding carboxylic acids is 2. The first-order valence-electron chi connectivity index (χ1n) is 11.7. The highest BCUT2D eigenvalue weighted by atomic mass is 16.2. The van der Waals surface area contributed by atoms with Crippen LogP contribution in [0.4, 0.5) is 5.95 Å². The van der Waals surface area contributed by atoms with Crippen molar-refractivity contribution in [3.05, 3.63) is 53.7 Å². The molecule has 0 saturated heterocycles. The van der Waals surface area contributed by atoms with E-state index in [0.29, 0.717) is 17.6 Å². The molecule has 0 bridgehead atoms. The van der Waals surface area contributed by atoms with Crippen LogP contribution in [0.1, 0.15) is 48.0 Å². The van der Waals surface area contributed by atoms with E-state index in [1.807, 2.05) is 37.3 Å². The molecule has 2 aliphatic carbocycles. The number of aryl methyl sites for hydroxylation is 1. The zero-order chi connectivity index (χ0) is 23.7. The minimum atomic E-state index is -0.393. The Kier molecular flexibility index (Phi) is 5.89. The van der Waals surface area contributed by atoms with Crippen molar-refractivity contribution >= 4 is 28.7 Å². The summed E-state index contributed by atoms with van der Waals surface area (Å²) in [7, 11) is 0. The van der Waals surface area contributed by atoms with Gasteiger partial charge in [-0.1, -0.05) is 12.1 Å². The third-order valence-electron chi connectivity index (χ3n) is 6.58. The topological polar surface area (TPSA) is 96.0 Å². The van der Waals surface area contributed by atoms with Crippen LogP contribution in [0.15, 0.2) is 42.6 Å². The number of terminal acetylenes is 1. The van der Waals surface area contributed by atoms with Crippen molar-refractivity contribution in [1.29, 1.82) is 0 Å². The van der Waals surface area contributed by atoms with Crippen molar-refractivity contribution in [1.82, 2.24) is 20.6 Å². The summed E-state index contributed by atoms with van der Waals surface area (Å²) in [5.41, 5.74) is 4.63. The predicted molar refractivity (Wildman–Crippen MR) is 132 cm³/mol. The predicted octanol–water partition coefficient (Wildman–Crippen LogP) is 3.58. The molecule has 1 aromatic heterocycles. The van der Waals surface area contributed by atoms with Gasteiger partial charge in [-0.2, -0.15) is 0 Å². The third-order valence-corrected chi connectivity index (χ3v) is 6.58. The number of carbonyl (C=O) groups is 2. The van der Waals surface area contributed by atoms with Crippen LogP contribution in [0, 0.1) is 19.3 Å². The Morgan fingerprint density at radius 3 is 2.65 bits per heavy atom. The van der Waals surface area contributed by atoms with Gasteiger partial charge < -0.3 is 16.0 Å². The normalized spacial score (nSPS) is 19.4. The van der Waals surface area contributed by atoms with Crippen LogP contribution < -0.4 is 16.0 Å². The first-order valence-corrected chi connectivity index (χ1v) is 11.7. The Morgan fingerprint density at radius 2 is 1.85 bits per heavy atom. The second-order valence-corrected chi connectivity index (χ2v) is 9.15.